The van der Waals surface area contributed by atoms with Crippen molar-refractivity contribution in [2.24, 2.45) is 16.3 Å². The number of amidine groups is 1. The Balaban J connectivity index is 2.27. The molecule has 0 atom stereocenters. The first-order valence-electron chi connectivity index (χ1n) is 7.65. The minimum absolute atomic E-state index is 0.174. The number of rotatable bonds is 3. The van der Waals surface area contributed by atoms with Crippen molar-refractivity contribution in [2.45, 2.75) is 52.5 Å². The zero-order valence-electron chi connectivity index (χ0n) is 13.6. The highest BCUT2D eigenvalue weighted by molar-refractivity contribution is 6.02. The van der Waals surface area contributed by atoms with Crippen LogP contribution in [0.5, 0.6) is 0 Å². The Bertz CT molecular complexity index is 527. The summed E-state index contributed by atoms with van der Waals surface area (Å²) < 4.78 is 0. The highest BCUT2D eigenvalue weighted by Crippen LogP contribution is 2.38. The molecule has 1 aliphatic carbocycles. The predicted molar refractivity (Wildman–Crippen MR) is 88.1 cm³/mol. The molecule has 4 heteroatoms. The van der Waals surface area contributed by atoms with Crippen LogP contribution in [0.25, 0.3) is 0 Å². The smallest absolute Gasteiger partial charge is 0.172 e. The molecule has 0 aliphatic heterocycles. The van der Waals surface area contributed by atoms with E-state index in [1.54, 1.807) is 0 Å². The number of hydrogen-bond acceptors (Lipinski definition) is 3. The van der Waals surface area contributed by atoms with Crippen molar-refractivity contribution in [3.05, 3.63) is 29.3 Å². The van der Waals surface area contributed by atoms with Gasteiger partial charge in [0.05, 0.1) is 0 Å². The molecule has 0 aromatic heterocycles. The van der Waals surface area contributed by atoms with E-state index >= 15 is 0 Å². The van der Waals surface area contributed by atoms with Crippen LogP contribution in [-0.2, 0) is 0 Å². The van der Waals surface area contributed by atoms with Gasteiger partial charge in [-0.05, 0) is 55.7 Å². The Hall–Kier alpha value is -1.71. The summed E-state index contributed by atoms with van der Waals surface area (Å²) in [4.78, 5) is 2.30. The molecule has 1 saturated carbocycles. The molecule has 1 aliphatic rings. The van der Waals surface area contributed by atoms with Crippen molar-refractivity contribution in [1.82, 2.24) is 0 Å². The van der Waals surface area contributed by atoms with Crippen LogP contribution in [0, 0.1) is 12.3 Å². The molecule has 2 rings (SSSR count). The van der Waals surface area contributed by atoms with Gasteiger partial charge in [-0.25, -0.2) is 0 Å². The lowest BCUT2D eigenvalue weighted by Gasteiger charge is -2.40. The zero-order chi connectivity index (χ0) is 15.6. The Labute approximate surface area is 127 Å². The summed E-state index contributed by atoms with van der Waals surface area (Å²) in [7, 11) is 2.12. The van der Waals surface area contributed by atoms with Crippen molar-refractivity contribution in [3.63, 3.8) is 0 Å². The van der Waals surface area contributed by atoms with Crippen LogP contribution < -0.4 is 10.6 Å². The summed E-state index contributed by atoms with van der Waals surface area (Å²) >= 11 is 0. The van der Waals surface area contributed by atoms with E-state index in [4.69, 9.17) is 10.9 Å². The summed E-state index contributed by atoms with van der Waals surface area (Å²) in [6.07, 6.45) is 4.86. The lowest BCUT2D eigenvalue weighted by Crippen LogP contribution is -2.38. The highest BCUT2D eigenvalue weighted by atomic mass is 16.4. The van der Waals surface area contributed by atoms with Gasteiger partial charge in [0, 0.05) is 24.3 Å². The molecule has 0 amide bonds. The van der Waals surface area contributed by atoms with Gasteiger partial charge in [-0.1, -0.05) is 25.1 Å². The quantitative estimate of drug-likeness (QED) is 0.387. The van der Waals surface area contributed by atoms with Gasteiger partial charge in [0.15, 0.2) is 5.84 Å². The van der Waals surface area contributed by atoms with E-state index in [1.165, 1.54) is 31.2 Å². The summed E-state index contributed by atoms with van der Waals surface area (Å²) in [5.74, 6) is 0.174. The number of hydrogen-bond donors (Lipinski definition) is 2. The van der Waals surface area contributed by atoms with Gasteiger partial charge in [-0.15, -0.1) is 0 Å². The van der Waals surface area contributed by atoms with Crippen molar-refractivity contribution in [2.75, 3.05) is 11.9 Å². The third kappa shape index (κ3) is 3.49. The maximum Gasteiger partial charge on any atom is 0.172 e. The van der Waals surface area contributed by atoms with Gasteiger partial charge in [0.1, 0.15) is 0 Å². The van der Waals surface area contributed by atoms with E-state index in [-0.39, 0.29) is 5.84 Å². The molecule has 0 heterocycles. The Morgan fingerprint density at radius 1 is 1.33 bits per heavy atom. The molecule has 1 fully saturated rings. The molecule has 0 unspecified atom stereocenters. The average molecular weight is 289 g/mol. The number of aryl methyl sites for hydroxylation is 1. The van der Waals surface area contributed by atoms with Crippen molar-refractivity contribution in [1.29, 1.82) is 0 Å². The fraction of sp³-hybridized carbons (Fsp3) is 0.588. The lowest BCUT2D eigenvalue weighted by molar-refractivity contribution is 0.222. The predicted octanol–water partition coefficient (Wildman–Crippen LogP) is 3.49. The maximum absolute atomic E-state index is 8.99. The molecule has 3 N–H and O–H groups in total. The van der Waals surface area contributed by atoms with Crippen molar-refractivity contribution >= 4 is 11.5 Å². The molecular weight excluding hydrogens is 262 g/mol. The van der Waals surface area contributed by atoms with Gasteiger partial charge < -0.3 is 15.8 Å². The van der Waals surface area contributed by atoms with Crippen LogP contribution in [0.2, 0.25) is 0 Å². The second-order valence-corrected chi connectivity index (χ2v) is 7.01. The standard InChI is InChI=1S/C17H27N3O/c1-12-5-6-14(16(18)19-21)15(11-12)20(4)13-7-9-17(2,3)10-8-13/h5-6,11,13,21H,7-10H2,1-4H3,(H2,18,19). The zero-order valence-corrected chi connectivity index (χ0v) is 13.6. The first-order valence-corrected chi connectivity index (χ1v) is 7.65. The van der Waals surface area contributed by atoms with E-state index in [2.05, 4.69) is 43.9 Å². The van der Waals surface area contributed by atoms with Crippen LogP contribution >= 0.6 is 0 Å². The van der Waals surface area contributed by atoms with Gasteiger partial charge in [0.2, 0.25) is 0 Å². The highest BCUT2D eigenvalue weighted by Gasteiger charge is 2.29. The van der Waals surface area contributed by atoms with E-state index < -0.39 is 0 Å². The summed E-state index contributed by atoms with van der Waals surface area (Å²) in [5, 5.41) is 12.2. The SMILES string of the molecule is Cc1ccc(/C(N)=N/O)c(N(C)C2CCC(C)(C)CC2)c1. The van der Waals surface area contributed by atoms with Gasteiger partial charge in [0.25, 0.3) is 0 Å². The van der Waals surface area contributed by atoms with Crippen LogP contribution in [0.4, 0.5) is 5.69 Å². The number of nitrogens with two attached hydrogens (primary N) is 1. The third-order valence-corrected chi connectivity index (χ3v) is 4.77. The molecule has 116 valence electrons. The Morgan fingerprint density at radius 2 is 1.95 bits per heavy atom. The Morgan fingerprint density at radius 3 is 2.52 bits per heavy atom. The van der Waals surface area contributed by atoms with Crippen LogP contribution in [-0.4, -0.2) is 24.1 Å². The number of anilines is 1. The van der Waals surface area contributed by atoms with Crippen molar-refractivity contribution in [3.8, 4) is 0 Å². The number of nitrogens with zero attached hydrogens (tertiary/aromatic N) is 2. The molecule has 1 aromatic rings. The summed E-state index contributed by atoms with van der Waals surface area (Å²) in [6.45, 7) is 6.76. The Kier molecular flexibility index (Phi) is 4.45. The molecule has 0 saturated heterocycles. The van der Waals surface area contributed by atoms with Crippen molar-refractivity contribution < 1.29 is 5.21 Å². The monoisotopic (exact) mass is 289 g/mol. The minimum Gasteiger partial charge on any atom is -0.409 e. The second-order valence-electron chi connectivity index (χ2n) is 7.01. The third-order valence-electron chi connectivity index (χ3n) is 4.77. The van der Waals surface area contributed by atoms with Crippen LogP contribution in [0.15, 0.2) is 23.4 Å². The fourth-order valence-corrected chi connectivity index (χ4v) is 3.17. The summed E-state index contributed by atoms with van der Waals surface area (Å²) in [6, 6.07) is 6.57. The van der Waals surface area contributed by atoms with Crippen LogP contribution in [0.1, 0.15) is 50.7 Å². The topological polar surface area (TPSA) is 61.9 Å². The second kappa shape index (κ2) is 5.96. The van der Waals surface area contributed by atoms with Gasteiger partial charge in [-0.3, -0.25) is 0 Å². The number of oxime groups is 1. The average Bonchev–Trinajstić information content (AvgIpc) is 2.45. The molecule has 0 bridgehead atoms. The van der Waals surface area contributed by atoms with E-state index in [1.807, 2.05) is 12.1 Å². The van der Waals surface area contributed by atoms with E-state index in [0.717, 1.165) is 11.3 Å². The molecule has 0 spiro atoms. The first kappa shape index (κ1) is 15.7. The van der Waals surface area contributed by atoms with Crippen LogP contribution in [0.3, 0.4) is 0 Å². The fourth-order valence-electron chi connectivity index (χ4n) is 3.17. The van der Waals surface area contributed by atoms with E-state index in [0.29, 0.717) is 11.5 Å². The molecule has 0 radical (unpaired) electrons. The maximum atomic E-state index is 8.99. The van der Waals surface area contributed by atoms with Gasteiger partial charge in [-0.2, -0.15) is 0 Å². The largest absolute Gasteiger partial charge is 0.409 e. The summed E-state index contributed by atoms with van der Waals surface area (Å²) in [5.41, 5.74) is 9.32. The number of benzene rings is 1. The lowest BCUT2D eigenvalue weighted by atomic mass is 9.75. The van der Waals surface area contributed by atoms with E-state index in [9.17, 15) is 0 Å². The van der Waals surface area contributed by atoms with Gasteiger partial charge >= 0.3 is 0 Å². The molecular formula is C17H27N3O. The minimum atomic E-state index is 0.174. The normalized spacial score (nSPS) is 19.5. The molecule has 1 aromatic carbocycles. The molecule has 4 nitrogen and oxygen atoms in total. The first-order chi connectivity index (χ1) is 9.84. The molecule has 21 heavy (non-hydrogen) atoms.